The molecule has 0 aromatic carbocycles. The number of nitrogens with one attached hydrogen (secondary N) is 1. The van der Waals surface area contributed by atoms with Crippen LogP contribution in [0.2, 0.25) is 0 Å². The minimum Gasteiger partial charge on any atom is -0.308 e. The highest BCUT2D eigenvalue weighted by molar-refractivity contribution is 5.31. The van der Waals surface area contributed by atoms with Gasteiger partial charge in [0.1, 0.15) is 0 Å². The first-order valence-corrected chi connectivity index (χ1v) is 6.83. The highest BCUT2D eigenvalue weighted by Crippen LogP contribution is 2.39. The van der Waals surface area contributed by atoms with E-state index in [1.165, 1.54) is 11.3 Å². The number of nitrogens with zero attached hydrogens (tertiary/aromatic N) is 3. The highest BCUT2D eigenvalue weighted by Gasteiger charge is 2.32. The first-order chi connectivity index (χ1) is 9.40. The number of hydrogen-bond acceptors (Lipinski definition) is 4. The van der Waals surface area contributed by atoms with Gasteiger partial charge in [-0.2, -0.15) is 0 Å². The molecule has 0 aliphatic heterocycles. The Balaban J connectivity index is 1.94. The summed E-state index contributed by atoms with van der Waals surface area (Å²) in [4.78, 5) is 13.2. The quantitative estimate of drug-likeness (QED) is 0.909. The van der Waals surface area contributed by atoms with Gasteiger partial charge in [0.05, 0.1) is 11.7 Å². The monoisotopic (exact) mass is 254 g/mol. The summed E-state index contributed by atoms with van der Waals surface area (Å²) in [5.74, 6) is 0.396. The molecule has 0 saturated heterocycles. The number of rotatable bonds is 4. The molecule has 2 aromatic rings. The summed E-state index contributed by atoms with van der Waals surface area (Å²) in [7, 11) is 0. The van der Waals surface area contributed by atoms with Crippen molar-refractivity contribution >= 4 is 0 Å². The second kappa shape index (κ2) is 5.45. The van der Waals surface area contributed by atoms with Crippen molar-refractivity contribution in [2.75, 3.05) is 6.54 Å². The molecule has 2 atom stereocenters. The van der Waals surface area contributed by atoms with Gasteiger partial charge in [-0.05, 0) is 31.0 Å². The van der Waals surface area contributed by atoms with E-state index in [4.69, 9.17) is 0 Å². The van der Waals surface area contributed by atoms with Crippen LogP contribution in [0.1, 0.15) is 42.3 Å². The van der Waals surface area contributed by atoms with E-state index in [0.29, 0.717) is 5.92 Å². The van der Waals surface area contributed by atoms with E-state index < -0.39 is 0 Å². The molecular weight excluding hydrogens is 236 g/mol. The first kappa shape index (κ1) is 12.2. The summed E-state index contributed by atoms with van der Waals surface area (Å²) in [6, 6.07) is 4.41. The van der Waals surface area contributed by atoms with E-state index >= 15 is 0 Å². The second-order valence-corrected chi connectivity index (χ2v) is 4.86. The Bertz CT molecular complexity index is 541. The molecule has 0 amide bonds. The molecule has 0 radical (unpaired) electrons. The minimum absolute atomic E-state index is 0.204. The minimum atomic E-state index is 0.204. The summed E-state index contributed by atoms with van der Waals surface area (Å²) in [6.07, 6.45) is 9.45. The predicted molar refractivity (Wildman–Crippen MR) is 73.7 cm³/mol. The number of aromatic nitrogens is 3. The van der Waals surface area contributed by atoms with Crippen molar-refractivity contribution in [2.45, 2.75) is 31.7 Å². The molecule has 98 valence electrons. The van der Waals surface area contributed by atoms with Crippen LogP contribution in [0.5, 0.6) is 0 Å². The lowest BCUT2D eigenvalue weighted by molar-refractivity contribution is 0.437. The molecular formula is C15H18N4. The molecule has 3 rings (SSSR count). The Labute approximate surface area is 113 Å². The van der Waals surface area contributed by atoms with Crippen LogP contribution in [0.4, 0.5) is 0 Å². The van der Waals surface area contributed by atoms with Crippen molar-refractivity contribution in [1.82, 2.24) is 20.3 Å². The van der Waals surface area contributed by atoms with Crippen LogP contribution in [-0.2, 0) is 6.42 Å². The first-order valence-electron chi connectivity index (χ1n) is 6.83. The van der Waals surface area contributed by atoms with Crippen molar-refractivity contribution in [1.29, 1.82) is 0 Å². The van der Waals surface area contributed by atoms with Gasteiger partial charge in [0.15, 0.2) is 0 Å². The van der Waals surface area contributed by atoms with Crippen LogP contribution in [0.25, 0.3) is 0 Å². The summed E-state index contributed by atoms with van der Waals surface area (Å²) < 4.78 is 0. The molecule has 4 heteroatoms. The average Bonchev–Trinajstić information content (AvgIpc) is 2.89. The maximum atomic E-state index is 4.58. The van der Waals surface area contributed by atoms with Gasteiger partial charge >= 0.3 is 0 Å². The molecule has 0 saturated carbocycles. The Hall–Kier alpha value is -1.81. The maximum absolute atomic E-state index is 4.58. The number of pyridine rings is 1. The van der Waals surface area contributed by atoms with E-state index in [2.05, 4.69) is 33.3 Å². The Morgan fingerprint density at radius 1 is 1.32 bits per heavy atom. The molecule has 19 heavy (non-hydrogen) atoms. The third kappa shape index (κ3) is 2.36. The Kier molecular flexibility index (Phi) is 3.51. The van der Waals surface area contributed by atoms with Crippen LogP contribution in [0.3, 0.4) is 0 Å². The van der Waals surface area contributed by atoms with Crippen molar-refractivity contribution in [3.63, 3.8) is 0 Å². The van der Waals surface area contributed by atoms with Crippen molar-refractivity contribution in [2.24, 2.45) is 0 Å². The Morgan fingerprint density at radius 2 is 2.26 bits per heavy atom. The number of likely N-dealkylation sites (N-methyl/N-ethyl adjacent to an activating group) is 1. The predicted octanol–water partition coefficient (Wildman–Crippen LogP) is 2.25. The van der Waals surface area contributed by atoms with Crippen molar-refractivity contribution < 1.29 is 0 Å². The lowest BCUT2D eigenvalue weighted by atomic mass is 9.94. The molecule has 2 unspecified atom stereocenters. The maximum Gasteiger partial charge on any atom is 0.0762 e. The SMILES string of the molecule is CCNC(c1cnccn1)C1CCc2cccnc21. The van der Waals surface area contributed by atoms with E-state index in [1.54, 1.807) is 12.4 Å². The van der Waals surface area contributed by atoms with Gasteiger partial charge in [-0.25, -0.2) is 0 Å². The largest absolute Gasteiger partial charge is 0.308 e. The number of aryl methyl sites for hydroxylation is 1. The van der Waals surface area contributed by atoms with Crippen LogP contribution in [0, 0.1) is 0 Å². The van der Waals surface area contributed by atoms with Crippen LogP contribution in [0.15, 0.2) is 36.9 Å². The van der Waals surface area contributed by atoms with E-state index in [0.717, 1.165) is 25.1 Å². The number of hydrogen-bond donors (Lipinski definition) is 1. The van der Waals surface area contributed by atoms with Crippen LogP contribution >= 0.6 is 0 Å². The summed E-state index contributed by atoms with van der Waals surface area (Å²) >= 11 is 0. The molecule has 1 aliphatic carbocycles. The lowest BCUT2D eigenvalue weighted by Gasteiger charge is -2.23. The Morgan fingerprint density at radius 3 is 3.05 bits per heavy atom. The van der Waals surface area contributed by atoms with Gasteiger partial charge in [-0.3, -0.25) is 15.0 Å². The second-order valence-electron chi connectivity index (χ2n) is 4.86. The van der Waals surface area contributed by atoms with E-state index in [9.17, 15) is 0 Å². The number of fused-ring (bicyclic) bond motifs is 1. The third-order valence-corrected chi connectivity index (χ3v) is 3.73. The molecule has 0 fully saturated rings. The molecule has 1 aliphatic rings. The van der Waals surface area contributed by atoms with Crippen molar-refractivity contribution in [3.05, 3.63) is 53.9 Å². The smallest absolute Gasteiger partial charge is 0.0762 e. The van der Waals surface area contributed by atoms with Gasteiger partial charge in [0.25, 0.3) is 0 Å². The zero-order chi connectivity index (χ0) is 13.1. The molecule has 2 aromatic heterocycles. The molecule has 4 nitrogen and oxygen atoms in total. The van der Waals surface area contributed by atoms with Gasteiger partial charge in [-0.1, -0.05) is 13.0 Å². The molecule has 0 spiro atoms. The topological polar surface area (TPSA) is 50.7 Å². The van der Waals surface area contributed by atoms with E-state index in [-0.39, 0.29) is 6.04 Å². The summed E-state index contributed by atoms with van der Waals surface area (Å²) in [5, 5.41) is 3.54. The fourth-order valence-corrected chi connectivity index (χ4v) is 2.91. The standard InChI is InChI=1S/C15H18N4/c1-2-17-15(13-10-16-8-9-18-13)12-6-5-11-4-3-7-19-14(11)12/h3-4,7-10,12,15,17H,2,5-6H2,1H3. The zero-order valence-electron chi connectivity index (χ0n) is 11.1. The van der Waals surface area contributed by atoms with Gasteiger partial charge < -0.3 is 5.32 Å². The lowest BCUT2D eigenvalue weighted by Crippen LogP contribution is -2.27. The van der Waals surface area contributed by atoms with Gasteiger partial charge in [0.2, 0.25) is 0 Å². The summed E-state index contributed by atoms with van der Waals surface area (Å²) in [6.45, 7) is 3.04. The highest BCUT2D eigenvalue weighted by atomic mass is 15.0. The molecule has 1 N–H and O–H groups in total. The van der Waals surface area contributed by atoms with E-state index in [1.807, 2.05) is 18.5 Å². The van der Waals surface area contributed by atoms with Crippen LogP contribution < -0.4 is 5.32 Å². The van der Waals surface area contributed by atoms with Crippen LogP contribution in [-0.4, -0.2) is 21.5 Å². The third-order valence-electron chi connectivity index (χ3n) is 3.73. The van der Waals surface area contributed by atoms with Gasteiger partial charge in [0, 0.05) is 36.4 Å². The van der Waals surface area contributed by atoms with Gasteiger partial charge in [-0.15, -0.1) is 0 Å². The fourth-order valence-electron chi connectivity index (χ4n) is 2.91. The average molecular weight is 254 g/mol. The molecule has 0 bridgehead atoms. The summed E-state index contributed by atoms with van der Waals surface area (Å²) in [5.41, 5.74) is 3.60. The van der Waals surface area contributed by atoms with Crippen molar-refractivity contribution in [3.8, 4) is 0 Å². The zero-order valence-corrected chi connectivity index (χ0v) is 11.1. The fraction of sp³-hybridized carbons (Fsp3) is 0.400. The molecule has 2 heterocycles. The normalized spacial score (nSPS) is 19.1.